The minimum atomic E-state index is -0.244. The Morgan fingerprint density at radius 1 is 0.742 bits per heavy atom. The Hall–Kier alpha value is -1.16. The molecule has 0 spiro atoms. The van der Waals surface area contributed by atoms with Crippen LogP contribution in [0.1, 0.15) is 109 Å². The van der Waals surface area contributed by atoms with Gasteiger partial charge in [0.2, 0.25) is 0 Å². The van der Waals surface area contributed by atoms with Crippen LogP contribution in [0, 0.1) is 0 Å². The molecule has 2 rings (SSSR count). The minimum absolute atomic E-state index is 0.0723. The van der Waals surface area contributed by atoms with Crippen LogP contribution in [0.25, 0.3) is 0 Å². The maximum atomic E-state index is 5.93. The van der Waals surface area contributed by atoms with Gasteiger partial charge in [-0.2, -0.15) is 0 Å². The normalized spacial score (nSPS) is 19.3. The van der Waals surface area contributed by atoms with E-state index in [2.05, 4.69) is 19.1 Å². The molecular weight excluding hydrogens is 384 g/mol. The van der Waals surface area contributed by atoms with Crippen molar-refractivity contribution in [2.24, 2.45) is 0 Å². The minimum Gasteiger partial charge on any atom is -0.373 e. The summed E-state index contributed by atoms with van der Waals surface area (Å²) in [6.45, 7) is 4.33. The summed E-state index contributed by atoms with van der Waals surface area (Å²) in [7, 11) is 0. The van der Waals surface area contributed by atoms with Crippen molar-refractivity contribution in [1.82, 2.24) is 0 Å². The van der Waals surface area contributed by atoms with E-state index in [0.717, 1.165) is 18.6 Å². The molecule has 3 nitrogen and oxygen atoms in total. The standard InChI is InChI=1S/C28H46O3/c1-2-3-4-5-6-7-8-9-10-11-12-13-14-15-16-20-23-29-27-24-30-28(31-25-27)26-21-18-17-19-22-26/h9-10,17-19,21-22,27-28H,2-8,11-16,20,23-25H2,1H3/b10-9-. The van der Waals surface area contributed by atoms with Crippen LogP contribution in [-0.4, -0.2) is 25.9 Å². The van der Waals surface area contributed by atoms with Crippen molar-refractivity contribution in [3.63, 3.8) is 0 Å². The quantitative estimate of drug-likeness (QED) is 0.174. The summed E-state index contributed by atoms with van der Waals surface area (Å²) in [5.41, 5.74) is 1.08. The van der Waals surface area contributed by atoms with Gasteiger partial charge in [-0.15, -0.1) is 0 Å². The Labute approximate surface area is 191 Å². The third-order valence-electron chi connectivity index (χ3n) is 5.95. The summed E-state index contributed by atoms with van der Waals surface area (Å²) < 4.78 is 17.5. The molecule has 0 atom stereocenters. The molecule has 1 aromatic carbocycles. The second-order valence-electron chi connectivity index (χ2n) is 8.84. The summed E-state index contributed by atoms with van der Waals surface area (Å²) in [5.74, 6) is 0. The Morgan fingerprint density at radius 2 is 1.29 bits per heavy atom. The van der Waals surface area contributed by atoms with Gasteiger partial charge in [-0.1, -0.05) is 107 Å². The second-order valence-corrected chi connectivity index (χ2v) is 8.84. The Bertz CT molecular complexity index is 534. The number of allylic oxidation sites excluding steroid dienone is 2. The van der Waals surface area contributed by atoms with Gasteiger partial charge in [-0.05, 0) is 32.1 Å². The molecule has 0 radical (unpaired) electrons. The van der Waals surface area contributed by atoms with Crippen LogP contribution >= 0.6 is 0 Å². The summed E-state index contributed by atoms with van der Waals surface area (Å²) in [4.78, 5) is 0. The van der Waals surface area contributed by atoms with Crippen LogP contribution in [0.3, 0.4) is 0 Å². The molecule has 1 aliphatic heterocycles. The van der Waals surface area contributed by atoms with Crippen molar-refractivity contribution < 1.29 is 14.2 Å². The Kier molecular flexibility index (Phi) is 15.5. The van der Waals surface area contributed by atoms with Crippen molar-refractivity contribution >= 4 is 0 Å². The lowest BCUT2D eigenvalue weighted by atomic mass is 10.1. The lowest BCUT2D eigenvalue weighted by Gasteiger charge is -2.29. The number of ether oxygens (including phenoxy) is 3. The van der Waals surface area contributed by atoms with E-state index in [1.807, 2.05) is 30.3 Å². The van der Waals surface area contributed by atoms with Crippen molar-refractivity contribution in [1.29, 1.82) is 0 Å². The van der Waals surface area contributed by atoms with E-state index in [0.29, 0.717) is 13.2 Å². The third-order valence-corrected chi connectivity index (χ3v) is 5.95. The summed E-state index contributed by atoms with van der Waals surface area (Å²) in [6.07, 6.45) is 23.3. The molecular formula is C28H46O3. The van der Waals surface area contributed by atoms with Crippen molar-refractivity contribution in [2.45, 2.75) is 109 Å². The van der Waals surface area contributed by atoms with Crippen LogP contribution in [0.2, 0.25) is 0 Å². The van der Waals surface area contributed by atoms with Gasteiger partial charge >= 0.3 is 0 Å². The highest BCUT2D eigenvalue weighted by molar-refractivity contribution is 5.16. The molecule has 1 aromatic rings. The fourth-order valence-electron chi connectivity index (χ4n) is 3.98. The highest BCUT2D eigenvalue weighted by atomic mass is 16.7. The fraction of sp³-hybridized carbons (Fsp3) is 0.714. The zero-order chi connectivity index (χ0) is 21.8. The maximum absolute atomic E-state index is 5.93. The first-order valence-corrected chi connectivity index (χ1v) is 12.9. The molecule has 0 bridgehead atoms. The molecule has 0 saturated carbocycles. The highest BCUT2D eigenvalue weighted by Crippen LogP contribution is 2.23. The first-order valence-electron chi connectivity index (χ1n) is 12.9. The van der Waals surface area contributed by atoms with E-state index in [1.54, 1.807) is 0 Å². The lowest BCUT2D eigenvalue weighted by molar-refractivity contribution is -0.230. The van der Waals surface area contributed by atoms with E-state index < -0.39 is 0 Å². The van der Waals surface area contributed by atoms with Crippen molar-refractivity contribution in [3.05, 3.63) is 48.0 Å². The van der Waals surface area contributed by atoms with Gasteiger partial charge in [0, 0.05) is 12.2 Å². The Balaban J connectivity index is 1.31. The largest absolute Gasteiger partial charge is 0.373 e. The van der Waals surface area contributed by atoms with E-state index in [1.165, 1.54) is 83.5 Å². The fourth-order valence-corrected chi connectivity index (χ4v) is 3.98. The lowest BCUT2D eigenvalue weighted by Crippen LogP contribution is -2.33. The van der Waals surface area contributed by atoms with Gasteiger partial charge in [0.15, 0.2) is 6.29 Å². The second kappa shape index (κ2) is 18.4. The molecule has 0 aromatic heterocycles. The van der Waals surface area contributed by atoms with E-state index in [-0.39, 0.29) is 12.4 Å². The predicted octanol–water partition coefficient (Wildman–Crippen LogP) is 8.15. The number of hydrogen-bond acceptors (Lipinski definition) is 3. The summed E-state index contributed by atoms with van der Waals surface area (Å²) >= 11 is 0. The van der Waals surface area contributed by atoms with Crippen molar-refractivity contribution in [3.8, 4) is 0 Å². The molecule has 31 heavy (non-hydrogen) atoms. The molecule has 3 heteroatoms. The van der Waals surface area contributed by atoms with Crippen LogP contribution in [0.15, 0.2) is 42.5 Å². The highest BCUT2D eigenvalue weighted by Gasteiger charge is 2.23. The average molecular weight is 431 g/mol. The van der Waals surface area contributed by atoms with E-state index in [9.17, 15) is 0 Å². The zero-order valence-electron chi connectivity index (χ0n) is 19.9. The van der Waals surface area contributed by atoms with Gasteiger partial charge in [0.25, 0.3) is 0 Å². The Morgan fingerprint density at radius 3 is 1.90 bits per heavy atom. The number of hydrogen-bond donors (Lipinski definition) is 0. The van der Waals surface area contributed by atoms with Crippen LogP contribution in [0.4, 0.5) is 0 Å². The molecule has 176 valence electrons. The van der Waals surface area contributed by atoms with E-state index >= 15 is 0 Å². The molecule has 0 N–H and O–H groups in total. The predicted molar refractivity (Wildman–Crippen MR) is 130 cm³/mol. The molecule has 1 fully saturated rings. The van der Waals surface area contributed by atoms with Gasteiger partial charge in [0.1, 0.15) is 6.10 Å². The smallest absolute Gasteiger partial charge is 0.184 e. The molecule has 1 heterocycles. The van der Waals surface area contributed by atoms with Gasteiger partial charge < -0.3 is 14.2 Å². The number of unbranched alkanes of at least 4 members (excludes halogenated alkanes) is 12. The maximum Gasteiger partial charge on any atom is 0.184 e. The monoisotopic (exact) mass is 430 g/mol. The summed E-state index contributed by atoms with van der Waals surface area (Å²) in [5, 5.41) is 0. The van der Waals surface area contributed by atoms with Gasteiger partial charge in [-0.25, -0.2) is 0 Å². The van der Waals surface area contributed by atoms with Crippen molar-refractivity contribution in [2.75, 3.05) is 19.8 Å². The van der Waals surface area contributed by atoms with Gasteiger partial charge in [-0.3, -0.25) is 0 Å². The number of benzene rings is 1. The van der Waals surface area contributed by atoms with Crippen LogP contribution in [-0.2, 0) is 14.2 Å². The topological polar surface area (TPSA) is 27.7 Å². The van der Waals surface area contributed by atoms with E-state index in [4.69, 9.17) is 14.2 Å². The molecule has 1 aliphatic rings. The summed E-state index contributed by atoms with van der Waals surface area (Å²) in [6, 6.07) is 10.1. The average Bonchev–Trinajstić information content (AvgIpc) is 2.82. The first kappa shape index (κ1) is 26.1. The molecule has 0 unspecified atom stereocenters. The molecule has 0 aliphatic carbocycles. The van der Waals surface area contributed by atoms with Gasteiger partial charge in [0.05, 0.1) is 13.2 Å². The first-order chi connectivity index (χ1) is 15.4. The zero-order valence-corrected chi connectivity index (χ0v) is 19.9. The van der Waals surface area contributed by atoms with Crippen LogP contribution in [0.5, 0.6) is 0 Å². The number of rotatable bonds is 18. The SMILES string of the molecule is CCCCCCCC/C=C\CCCCCCCCOC1COC(c2ccccc2)OC1. The third kappa shape index (κ3) is 13.1. The molecule has 1 saturated heterocycles. The van der Waals surface area contributed by atoms with Crippen LogP contribution < -0.4 is 0 Å². The molecule has 0 amide bonds.